The Morgan fingerprint density at radius 1 is 1.67 bits per heavy atom. The predicted octanol–water partition coefficient (Wildman–Crippen LogP) is 0.478. The van der Waals surface area contributed by atoms with Gasteiger partial charge in [0.25, 0.3) is 5.97 Å². The monoisotopic (exact) mass is 185 g/mol. The van der Waals surface area contributed by atoms with Crippen LogP contribution in [-0.2, 0) is 31.1 Å². The van der Waals surface area contributed by atoms with Crippen molar-refractivity contribution in [2.45, 2.75) is 6.42 Å². The Labute approximate surface area is 69.4 Å². The molecule has 0 aromatic heterocycles. The molecular weight excluding hydrogens is 179 g/mol. The third-order valence-corrected chi connectivity index (χ3v) is 0.214. The van der Waals surface area contributed by atoms with Crippen molar-refractivity contribution >= 4 is 14.7 Å². The van der Waals surface area contributed by atoms with Crippen LogP contribution < -0.4 is 0 Å². The number of aliphatic carboxylic acids is 1. The van der Waals surface area contributed by atoms with Gasteiger partial charge in [-0.3, -0.25) is 4.79 Å². The second-order valence-electron chi connectivity index (χ2n) is 0.725. The van der Waals surface area contributed by atoms with Gasteiger partial charge < -0.3 is 16.9 Å². The van der Waals surface area contributed by atoms with Gasteiger partial charge in [-0.15, -0.1) is 0 Å². The minimum absolute atomic E-state index is 0. The number of hydrogen-bond donors (Lipinski definition) is 2. The second-order valence-corrected chi connectivity index (χ2v) is 0.889. The van der Waals surface area contributed by atoms with E-state index in [-0.39, 0.29) is 28.1 Å². The van der Waals surface area contributed by atoms with Gasteiger partial charge in [0.15, 0.2) is 0 Å². The third kappa shape index (κ3) is 63.8. The first-order valence-electron chi connectivity index (χ1n) is 1.66. The maximum Gasteiger partial charge on any atom is 0.324 e. The number of carboxylic acids is 1. The zero-order chi connectivity index (χ0) is 6.99. The Bertz CT molecular complexity index is 76.2. The van der Waals surface area contributed by atoms with Crippen LogP contribution in [-0.4, -0.2) is 16.0 Å². The number of hydrogen-bond acceptors (Lipinski definition) is 2. The van der Waals surface area contributed by atoms with E-state index in [1.165, 1.54) is 0 Å². The molecule has 0 saturated heterocycles. The Balaban J connectivity index is -0.0000000800. The summed E-state index contributed by atoms with van der Waals surface area (Å²) in [4.78, 5) is 16.3. The van der Waals surface area contributed by atoms with E-state index >= 15 is 0 Å². The Morgan fingerprint density at radius 2 is 1.78 bits per heavy atom. The molecule has 0 saturated carbocycles. The minimum atomic E-state index is -0.856. The van der Waals surface area contributed by atoms with Crippen molar-refractivity contribution in [3.63, 3.8) is 0 Å². The molecule has 0 aliphatic carbocycles. The van der Waals surface area contributed by atoms with E-state index in [0.29, 0.717) is 0 Å². The quantitative estimate of drug-likeness (QED) is 0.353. The van der Waals surface area contributed by atoms with Crippen molar-refractivity contribution in [3.8, 4) is 0 Å². The molecule has 2 N–H and O–H groups in total. The summed E-state index contributed by atoms with van der Waals surface area (Å²) < 4.78 is 8.46. The zero-order valence-corrected chi connectivity index (χ0v) is 7.03. The van der Waals surface area contributed by atoms with E-state index < -0.39 is 14.7 Å². The summed E-state index contributed by atoms with van der Waals surface area (Å²) in [7, 11) is -0.833. The standard InChI is InChI=1S/C3H5O2.HO2P.Ti/c1-2-3(4)5;1-3-2;/h1-2H2,(H,4,5);(H,1,2);/q-1;;. The summed E-state index contributed by atoms with van der Waals surface area (Å²) >= 11 is 0. The summed E-state index contributed by atoms with van der Waals surface area (Å²) in [5.74, 6) is -0.856. The fourth-order valence-corrected chi connectivity index (χ4v) is 0. The molecule has 0 spiro atoms. The molecule has 0 aromatic rings. The first kappa shape index (κ1) is 16.1. The maximum absolute atomic E-state index is 9.31. The van der Waals surface area contributed by atoms with Gasteiger partial charge in [0.05, 0.1) is 0 Å². The Hall–Kier alpha value is 0.244. The van der Waals surface area contributed by atoms with E-state index in [1.807, 2.05) is 0 Å². The molecule has 6 heteroatoms. The van der Waals surface area contributed by atoms with Gasteiger partial charge in [-0.2, -0.15) is 0 Å². The Morgan fingerprint density at radius 3 is 1.78 bits per heavy atom. The van der Waals surface area contributed by atoms with Crippen LogP contribution in [0, 0.1) is 6.92 Å². The summed E-state index contributed by atoms with van der Waals surface area (Å²) in [6, 6.07) is 0. The SMILES string of the molecule is O=PO.[CH2-]CC(=O)O.[Ti]. The molecule has 0 heterocycles. The molecule has 0 atom stereocenters. The fourth-order valence-electron chi connectivity index (χ4n) is 0. The van der Waals surface area contributed by atoms with E-state index in [9.17, 15) is 4.79 Å². The van der Waals surface area contributed by atoms with Crippen LogP contribution in [0.25, 0.3) is 0 Å². The molecule has 0 aliphatic heterocycles. The van der Waals surface area contributed by atoms with Gasteiger partial charge in [-0.1, -0.05) is 6.42 Å². The van der Waals surface area contributed by atoms with Gasteiger partial charge in [0.1, 0.15) is 0 Å². The van der Waals surface area contributed by atoms with Crippen molar-refractivity contribution < 1.29 is 41.1 Å². The first-order valence-corrected chi connectivity index (χ1v) is 2.43. The number of carboxylic acid groups (broad SMARTS) is 1. The molecule has 0 aromatic carbocycles. The average Bonchev–Trinajstić information content (AvgIpc) is 1.69. The smallest absolute Gasteiger partial charge is 0.324 e. The molecule has 0 bridgehead atoms. The largest absolute Gasteiger partial charge is 0.483 e. The molecular formula is C3H6O4PTi-. The number of carbonyl (C=O) groups is 1. The normalized spacial score (nSPS) is 6.44. The van der Waals surface area contributed by atoms with Gasteiger partial charge in [-0.05, 0) is 0 Å². The predicted molar refractivity (Wildman–Crippen MR) is 27.4 cm³/mol. The van der Waals surface area contributed by atoms with Crippen LogP contribution in [0.4, 0.5) is 0 Å². The number of rotatable bonds is 1. The molecule has 4 nitrogen and oxygen atoms in total. The summed E-state index contributed by atoms with van der Waals surface area (Å²) in [5.41, 5.74) is 0. The topological polar surface area (TPSA) is 74.6 Å². The second kappa shape index (κ2) is 15.7. The van der Waals surface area contributed by atoms with E-state index in [1.54, 1.807) is 0 Å². The van der Waals surface area contributed by atoms with Crippen molar-refractivity contribution in [3.05, 3.63) is 6.92 Å². The van der Waals surface area contributed by atoms with Crippen molar-refractivity contribution in [1.29, 1.82) is 0 Å². The van der Waals surface area contributed by atoms with Crippen LogP contribution in [0.3, 0.4) is 0 Å². The molecule has 52 valence electrons. The first-order chi connectivity index (χ1) is 3.68. The summed E-state index contributed by atoms with van der Waals surface area (Å²) in [6.45, 7) is 3.09. The van der Waals surface area contributed by atoms with E-state index in [2.05, 4.69) is 6.92 Å². The molecule has 0 aliphatic rings. The summed E-state index contributed by atoms with van der Waals surface area (Å²) in [5, 5.41) is 7.66. The van der Waals surface area contributed by atoms with Crippen LogP contribution in [0.2, 0.25) is 0 Å². The zero-order valence-electron chi connectivity index (χ0n) is 4.57. The van der Waals surface area contributed by atoms with Crippen molar-refractivity contribution in [1.82, 2.24) is 0 Å². The average molecular weight is 185 g/mol. The molecule has 0 unspecified atom stereocenters. The van der Waals surface area contributed by atoms with Gasteiger partial charge in [0.2, 0.25) is 0 Å². The van der Waals surface area contributed by atoms with E-state index in [0.717, 1.165) is 0 Å². The summed E-state index contributed by atoms with van der Waals surface area (Å²) in [6.07, 6.45) is -0.0278. The van der Waals surface area contributed by atoms with Crippen LogP contribution in [0.5, 0.6) is 0 Å². The molecule has 0 radical (unpaired) electrons. The van der Waals surface area contributed by atoms with Crippen LogP contribution in [0.15, 0.2) is 0 Å². The van der Waals surface area contributed by atoms with Gasteiger partial charge in [-0.25, -0.2) is 4.57 Å². The Kier molecular flexibility index (Phi) is 28.2. The molecule has 9 heavy (non-hydrogen) atoms. The van der Waals surface area contributed by atoms with Crippen molar-refractivity contribution in [2.75, 3.05) is 0 Å². The van der Waals surface area contributed by atoms with Crippen LogP contribution >= 0.6 is 8.69 Å². The van der Waals surface area contributed by atoms with Crippen molar-refractivity contribution in [2.24, 2.45) is 0 Å². The molecule has 0 fully saturated rings. The van der Waals surface area contributed by atoms with Gasteiger partial charge >= 0.3 is 8.69 Å². The third-order valence-electron chi connectivity index (χ3n) is 0.214. The van der Waals surface area contributed by atoms with Crippen LogP contribution in [0.1, 0.15) is 6.42 Å². The van der Waals surface area contributed by atoms with E-state index in [4.69, 9.17) is 14.6 Å². The molecule has 0 amide bonds. The fraction of sp³-hybridized carbons (Fsp3) is 0.333. The molecule has 0 rings (SSSR count). The van der Waals surface area contributed by atoms with Gasteiger partial charge in [0, 0.05) is 21.7 Å². The minimum Gasteiger partial charge on any atom is -0.483 e. The maximum atomic E-state index is 9.31.